The van der Waals surface area contributed by atoms with Gasteiger partial charge in [-0.1, -0.05) is 12.8 Å². The van der Waals surface area contributed by atoms with Gasteiger partial charge in [-0.05, 0) is 63.9 Å². The van der Waals surface area contributed by atoms with Crippen LogP contribution in [0.15, 0.2) is 14.3 Å². The zero-order chi connectivity index (χ0) is 12.3. The fourth-order valence-electron chi connectivity index (χ4n) is 2.38. The first-order valence-corrected chi connectivity index (χ1v) is 8.51. The Bertz CT molecular complexity index is 340. The maximum absolute atomic E-state index is 5.98. The second kappa shape index (κ2) is 6.66. The van der Waals surface area contributed by atoms with E-state index in [0.29, 0.717) is 12.6 Å². The average Bonchev–Trinajstić information content (AvgIpc) is 2.56. The Morgan fingerprint density at radius 3 is 2.35 bits per heavy atom. The quantitative estimate of drug-likeness (QED) is 0.851. The summed E-state index contributed by atoms with van der Waals surface area (Å²) in [5, 5.41) is 0. The molecule has 2 nitrogen and oxygen atoms in total. The van der Waals surface area contributed by atoms with Crippen molar-refractivity contribution in [3.63, 3.8) is 0 Å². The van der Waals surface area contributed by atoms with Crippen LogP contribution in [0.1, 0.15) is 36.6 Å². The molecule has 2 rings (SSSR count). The summed E-state index contributed by atoms with van der Waals surface area (Å²) in [6.07, 6.45) is 5.35. The third kappa shape index (κ3) is 3.53. The van der Waals surface area contributed by atoms with Crippen molar-refractivity contribution < 1.29 is 0 Å². The normalized spacial score (nSPS) is 20.2. The molecule has 1 fully saturated rings. The molecular weight excluding hydrogens is 364 g/mol. The van der Waals surface area contributed by atoms with Gasteiger partial charge in [-0.25, -0.2) is 0 Å². The van der Waals surface area contributed by atoms with Gasteiger partial charge in [0.15, 0.2) is 0 Å². The van der Waals surface area contributed by atoms with Crippen LogP contribution in [-0.2, 0) is 0 Å². The summed E-state index contributed by atoms with van der Waals surface area (Å²) in [4.78, 5) is 3.92. The van der Waals surface area contributed by atoms with Gasteiger partial charge in [-0.2, -0.15) is 0 Å². The van der Waals surface area contributed by atoms with Crippen molar-refractivity contribution in [1.29, 1.82) is 0 Å². The van der Waals surface area contributed by atoms with E-state index in [9.17, 15) is 0 Å². The monoisotopic (exact) mass is 380 g/mol. The minimum Gasteiger partial charge on any atom is -0.329 e. The highest BCUT2D eigenvalue weighted by molar-refractivity contribution is 9.13. The van der Waals surface area contributed by atoms with Crippen LogP contribution >= 0.6 is 43.2 Å². The molecule has 0 aliphatic carbocycles. The summed E-state index contributed by atoms with van der Waals surface area (Å²) in [6, 6.07) is 2.60. The summed E-state index contributed by atoms with van der Waals surface area (Å²) in [5.74, 6) is 0. The summed E-state index contributed by atoms with van der Waals surface area (Å²) >= 11 is 8.92. The molecule has 2 N–H and O–H groups in total. The first kappa shape index (κ1) is 14.0. The van der Waals surface area contributed by atoms with Gasteiger partial charge in [0.25, 0.3) is 0 Å². The number of thiophene rings is 1. The van der Waals surface area contributed by atoms with E-state index in [0.717, 1.165) is 4.47 Å². The summed E-state index contributed by atoms with van der Waals surface area (Å²) in [6.45, 7) is 3.09. The van der Waals surface area contributed by atoms with Gasteiger partial charge in [-0.3, -0.25) is 4.90 Å². The minimum absolute atomic E-state index is 0.390. The van der Waals surface area contributed by atoms with Gasteiger partial charge < -0.3 is 5.73 Å². The van der Waals surface area contributed by atoms with Crippen molar-refractivity contribution in [2.75, 3.05) is 19.6 Å². The second-order valence-electron chi connectivity index (χ2n) is 4.47. The molecule has 1 aromatic rings. The Morgan fingerprint density at radius 2 is 1.88 bits per heavy atom. The van der Waals surface area contributed by atoms with E-state index in [1.807, 2.05) is 0 Å². The lowest BCUT2D eigenvalue weighted by atomic mass is 10.2. The lowest BCUT2D eigenvalue weighted by Gasteiger charge is -2.28. The smallest absolute Gasteiger partial charge is 0.0843 e. The Morgan fingerprint density at radius 1 is 1.24 bits per heavy atom. The van der Waals surface area contributed by atoms with E-state index in [2.05, 4.69) is 42.8 Å². The second-order valence-corrected chi connectivity index (χ2v) is 7.73. The molecule has 0 spiro atoms. The SMILES string of the molecule is NCC(c1cc(Br)c(Br)s1)N1CCCCCC1. The van der Waals surface area contributed by atoms with Gasteiger partial charge in [0, 0.05) is 15.9 Å². The predicted molar refractivity (Wildman–Crippen MR) is 81.6 cm³/mol. The van der Waals surface area contributed by atoms with Gasteiger partial charge in [0.05, 0.1) is 9.83 Å². The number of hydrogen-bond acceptors (Lipinski definition) is 3. The van der Waals surface area contributed by atoms with E-state index in [1.54, 1.807) is 11.3 Å². The van der Waals surface area contributed by atoms with E-state index < -0.39 is 0 Å². The fourth-order valence-corrected chi connectivity index (χ4v) is 4.62. The molecule has 0 radical (unpaired) electrons. The third-order valence-electron chi connectivity index (χ3n) is 3.30. The number of likely N-dealkylation sites (tertiary alicyclic amines) is 1. The Kier molecular flexibility index (Phi) is 5.49. The molecule has 1 aromatic heterocycles. The summed E-state index contributed by atoms with van der Waals surface area (Å²) < 4.78 is 2.31. The minimum atomic E-state index is 0.390. The van der Waals surface area contributed by atoms with Crippen LogP contribution in [0.5, 0.6) is 0 Å². The average molecular weight is 382 g/mol. The van der Waals surface area contributed by atoms with E-state index >= 15 is 0 Å². The first-order valence-electron chi connectivity index (χ1n) is 6.11. The molecule has 2 heterocycles. The van der Waals surface area contributed by atoms with E-state index in [4.69, 9.17) is 5.73 Å². The zero-order valence-electron chi connectivity index (χ0n) is 9.79. The molecule has 0 bridgehead atoms. The van der Waals surface area contributed by atoms with Gasteiger partial charge in [0.1, 0.15) is 0 Å². The van der Waals surface area contributed by atoms with E-state index in [-0.39, 0.29) is 0 Å². The predicted octanol–water partition coefficient (Wildman–Crippen LogP) is 4.15. The van der Waals surface area contributed by atoms with E-state index in [1.165, 1.54) is 47.4 Å². The van der Waals surface area contributed by atoms with Crippen LogP contribution in [0.25, 0.3) is 0 Å². The Labute approximate surface area is 124 Å². The number of hydrogen-bond donors (Lipinski definition) is 1. The largest absolute Gasteiger partial charge is 0.329 e. The molecule has 1 aliphatic heterocycles. The highest BCUT2D eigenvalue weighted by Crippen LogP contribution is 2.37. The molecule has 0 amide bonds. The molecular formula is C12H18Br2N2S. The van der Waals surface area contributed by atoms with Crippen LogP contribution in [0.3, 0.4) is 0 Å². The van der Waals surface area contributed by atoms with Crippen molar-refractivity contribution in [3.05, 3.63) is 19.2 Å². The van der Waals surface area contributed by atoms with Gasteiger partial charge >= 0.3 is 0 Å². The fraction of sp³-hybridized carbons (Fsp3) is 0.667. The Hall–Kier alpha value is 0.580. The lowest BCUT2D eigenvalue weighted by molar-refractivity contribution is 0.212. The van der Waals surface area contributed by atoms with Crippen molar-refractivity contribution in [2.45, 2.75) is 31.7 Å². The molecule has 0 aromatic carbocycles. The number of nitrogens with two attached hydrogens (primary N) is 1. The van der Waals surface area contributed by atoms with Gasteiger partial charge in [0.2, 0.25) is 0 Å². The number of halogens is 2. The van der Waals surface area contributed by atoms with Crippen LogP contribution in [-0.4, -0.2) is 24.5 Å². The van der Waals surface area contributed by atoms with Crippen LogP contribution < -0.4 is 5.73 Å². The molecule has 1 aliphatic rings. The molecule has 1 saturated heterocycles. The van der Waals surface area contributed by atoms with Gasteiger partial charge in [-0.15, -0.1) is 11.3 Å². The molecule has 5 heteroatoms. The maximum atomic E-state index is 5.98. The van der Waals surface area contributed by atoms with Crippen LogP contribution in [0.4, 0.5) is 0 Å². The van der Waals surface area contributed by atoms with Crippen molar-refractivity contribution >= 4 is 43.2 Å². The van der Waals surface area contributed by atoms with Crippen LogP contribution in [0, 0.1) is 0 Å². The molecule has 17 heavy (non-hydrogen) atoms. The highest BCUT2D eigenvalue weighted by Gasteiger charge is 2.22. The third-order valence-corrected chi connectivity index (χ3v) is 6.65. The summed E-state index contributed by atoms with van der Waals surface area (Å²) in [7, 11) is 0. The lowest BCUT2D eigenvalue weighted by Crippen LogP contribution is -2.34. The molecule has 1 unspecified atom stereocenters. The molecule has 1 atom stereocenters. The zero-order valence-corrected chi connectivity index (χ0v) is 13.8. The number of rotatable bonds is 3. The van der Waals surface area contributed by atoms with Crippen molar-refractivity contribution in [3.8, 4) is 0 Å². The highest BCUT2D eigenvalue weighted by atomic mass is 79.9. The van der Waals surface area contributed by atoms with Crippen LogP contribution in [0.2, 0.25) is 0 Å². The van der Waals surface area contributed by atoms with Crippen molar-refractivity contribution in [2.24, 2.45) is 5.73 Å². The topological polar surface area (TPSA) is 29.3 Å². The Balaban J connectivity index is 2.13. The first-order chi connectivity index (χ1) is 8.22. The molecule has 96 valence electrons. The van der Waals surface area contributed by atoms with Crippen molar-refractivity contribution in [1.82, 2.24) is 4.90 Å². The maximum Gasteiger partial charge on any atom is 0.0843 e. The standard InChI is InChI=1S/C12H18Br2N2S/c13-9-7-11(17-12(9)14)10(8-15)16-5-3-1-2-4-6-16/h7,10H,1-6,8,15H2. The number of nitrogens with zero attached hydrogens (tertiary/aromatic N) is 1. The molecule has 0 saturated carbocycles. The summed E-state index contributed by atoms with van der Waals surface area (Å²) in [5.41, 5.74) is 5.98.